The molecular weight excluding hydrogens is 194 g/mol. The Hall–Kier alpha value is -2.04. The van der Waals surface area contributed by atoms with E-state index in [0.717, 1.165) is 10.9 Å². The van der Waals surface area contributed by atoms with Crippen LogP contribution in [0.1, 0.15) is 6.92 Å². The van der Waals surface area contributed by atoms with E-state index in [0.29, 0.717) is 12.3 Å². The van der Waals surface area contributed by atoms with Gasteiger partial charge in [0.05, 0.1) is 24.0 Å². The van der Waals surface area contributed by atoms with Gasteiger partial charge in [0, 0.05) is 5.39 Å². The van der Waals surface area contributed by atoms with E-state index >= 15 is 0 Å². The lowest BCUT2D eigenvalue weighted by Gasteiger charge is -2.05. The number of fused-ring (bicyclic) bond motifs is 1. The van der Waals surface area contributed by atoms with Gasteiger partial charge >= 0.3 is 6.09 Å². The van der Waals surface area contributed by atoms with Crippen molar-refractivity contribution in [3.63, 3.8) is 0 Å². The number of rotatable bonds is 2. The third kappa shape index (κ3) is 1.90. The Bertz CT molecular complexity index is 478. The Morgan fingerprint density at radius 3 is 3.27 bits per heavy atom. The van der Waals surface area contributed by atoms with Crippen LogP contribution in [0.2, 0.25) is 0 Å². The molecule has 0 aliphatic rings. The zero-order valence-electron chi connectivity index (χ0n) is 8.28. The van der Waals surface area contributed by atoms with Gasteiger partial charge in [0.25, 0.3) is 0 Å². The predicted octanol–water partition coefficient (Wildman–Crippen LogP) is 2.13. The molecule has 0 atom stereocenters. The highest BCUT2D eigenvalue weighted by Gasteiger charge is 2.06. The zero-order chi connectivity index (χ0) is 10.7. The van der Waals surface area contributed by atoms with Crippen molar-refractivity contribution in [2.45, 2.75) is 6.92 Å². The van der Waals surface area contributed by atoms with Gasteiger partial charge in [0.1, 0.15) is 0 Å². The first-order valence-corrected chi connectivity index (χ1v) is 4.67. The average Bonchev–Trinajstić information content (AvgIpc) is 2.67. The molecule has 2 rings (SSSR count). The second-order valence-electron chi connectivity index (χ2n) is 2.99. The minimum Gasteiger partial charge on any atom is -0.450 e. The summed E-state index contributed by atoms with van der Waals surface area (Å²) in [6.07, 6.45) is 1.24. The maximum atomic E-state index is 11.2. The standard InChI is InChI=1S/C10H11N3O2/c1-2-15-10(14)12-8-5-3-4-7-6-11-13-9(7)8/h3-6H,2H2,1H3,(H,11,13)(H,12,14). The highest BCUT2D eigenvalue weighted by molar-refractivity contribution is 5.97. The fourth-order valence-electron chi connectivity index (χ4n) is 1.35. The number of nitrogens with one attached hydrogen (secondary N) is 2. The van der Waals surface area contributed by atoms with Crippen LogP contribution >= 0.6 is 0 Å². The van der Waals surface area contributed by atoms with Crippen LogP contribution in [0.5, 0.6) is 0 Å². The van der Waals surface area contributed by atoms with Gasteiger partial charge in [-0.3, -0.25) is 10.4 Å². The molecule has 5 heteroatoms. The van der Waals surface area contributed by atoms with Crippen molar-refractivity contribution in [3.05, 3.63) is 24.4 Å². The van der Waals surface area contributed by atoms with Crippen LogP contribution in [0.15, 0.2) is 24.4 Å². The average molecular weight is 205 g/mol. The summed E-state index contributed by atoms with van der Waals surface area (Å²) >= 11 is 0. The number of anilines is 1. The molecule has 0 aliphatic heterocycles. The van der Waals surface area contributed by atoms with Crippen LogP contribution in [0.3, 0.4) is 0 Å². The van der Waals surface area contributed by atoms with Crippen molar-refractivity contribution in [1.82, 2.24) is 10.2 Å². The fraction of sp³-hybridized carbons (Fsp3) is 0.200. The van der Waals surface area contributed by atoms with Crippen LogP contribution in [0.4, 0.5) is 10.5 Å². The largest absolute Gasteiger partial charge is 0.450 e. The summed E-state index contributed by atoms with van der Waals surface area (Å²) in [5.74, 6) is 0. The summed E-state index contributed by atoms with van der Waals surface area (Å²) in [7, 11) is 0. The summed E-state index contributed by atoms with van der Waals surface area (Å²) in [6, 6.07) is 5.55. The lowest BCUT2D eigenvalue weighted by atomic mass is 10.2. The molecule has 1 aromatic heterocycles. The Labute approximate surface area is 86.4 Å². The Morgan fingerprint density at radius 1 is 1.60 bits per heavy atom. The molecule has 0 saturated heterocycles. The fourth-order valence-corrected chi connectivity index (χ4v) is 1.35. The first-order chi connectivity index (χ1) is 7.31. The van der Waals surface area contributed by atoms with E-state index < -0.39 is 6.09 Å². The van der Waals surface area contributed by atoms with Crippen molar-refractivity contribution in [1.29, 1.82) is 0 Å². The van der Waals surface area contributed by atoms with E-state index in [1.165, 1.54) is 0 Å². The summed E-state index contributed by atoms with van der Waals surface area (Å²) in [5.41, 5.74) is 1.47. The lowest BCUT2D eigenvalue weighted by molar-refractivity contribution is 0.168. The maximum absolute atomic E-state index is 11.2. The van der Waals surface area contributed by atoms with E-state index in [4.69, 9.17) is 4.74 Å². The SMILES string of the molecule is CCOC(=O)Nc1cccc2cn[nH]c12. The normalized spacial score (nSPS) is 10.2. The first-order valence-electron chi connectivity index (χ1n) is 4.67. The van der Waals surface area contributed by atoms with Gasteiger partial charge in [0.15, 0.2) is 0 Å². The molecule has 0 fully saturated rings. The topological polar surface area (TPSA) is 67.0 Å². The van der Waals surface area contributed by atoms with Crippen molar-refractivity contribution < 1.29 is 9.53 Å². The van der Waals surface area contributed by atoms with Crippen LogP contribution in [-0.4, -0.2) is 22.9 Å². The van der Waals surface area contributed by atoms with Gasteiger partial charge in [-0.2, -0.15) is 5.10 Å². The van der Waals surface area contributed by atoms with Gasteiger partial charge in [-0.1, -0.05) is 12.1 Å². The summed E-state index contributed by atoms with van der Waals surface area (Å²) in [4.78, 5) is 11.2. The molecule has 1 aromatic carbocycles. The Morgan fingerprint density at radius 2 is 2.47 bits per heavy atom. The third-order valence-corrected chi connectivity index (χ3v) is 1.99. The van der Waals surface area contributed by atoms with E-state index in [1.54, 1.807) is 19.2 Å². The number of benzene rings is 1. The molecule has 15 heavy (non-hydrogen) atoms. The molecule has 0 saturated carbocycles. The number of aromatic amines is 1. The smallest absolute Gasteiger partial charge is 0.411 e. The number of nitrogens with zero attached hydrogens (tertiary/aromatic N) is 1. The van der Waals surface area contributed by atoms with Gasteiger partial charge in [-0.25, -0.2) is 4.79 Å². The molecular formula is C10H11N3O2. The minimum absolute atomic E-state index is 0.352. The van der Waals surface area contributed by atoms with E-state index in [9.17, 15) is 4.79 Å². The van der Waals surface area contributed by atoms with Crippen molar-refractivity contribution in [2.75, 3.05) is 11.9 Å². The maximum Gasteiger partial charge on any atom is 0.411 e. The number of ether oxygens (including phenoxy) is 1. The highest BCUT2D eigenvalue weighted by atomic mass is 16.5. The van der Waals surface area contributed by atoms with Crippen molar-refractivity contribution >= 4 is 22.7 Å². The summed E-state index contributed by atoms with van der Waals surface area (Å²) in [6.45, 7) is 2.11. The second kappa shape index (κ2) is 4.00. The third-order valence-electron chi connectivity index (χ3n) is 1.99. The van der Waals surface area contributed by atoms with Crippen LogP contribution < -0.4 is 5.32 Å². The molecule has 0 spiro atoms. The number of hydrogen-bond donors (Lipinski definition) is 2. The molecule has 1 heterocycles. The van der Waals surface area contributed by atoms with Crippen molar-refractivity contribution in [3.8, 4) is 0 Å². The Balaban J connectivity index is 2.27. The number of aromatic nitrogens is 2. The quantitative estimate of drug-likeness (QED) is 0.789. The van der Waals surface area contributed by atoms with Crippen LogP contribution in [-0.2, 0) is 4.74 Å². The minimum atomic E-state index is -0.459. The van der Waals surface area contributed by atoms with Gasteiger partial charge in [-0.05, 0) is 13.0 Å². The highest BCUT2D eigenvalue weighted by Crippen LogP contribution is 2.20. The number of H-pyrrole nitrogens is 1. The first kappa shape index (κ1) is 9.51. The van der Waals surface area contributed by atoms with E-state index in [1.807, 2.05) is 12.1 Å². The molecule has 0 radical (unpaired) electrons. The molecule has 0 aliphatic carbocycles. The molecule has 2 aromatic rings. The summed E-state index contributed by atoms with van der Waals surface area (Å²) in [5, 5.41) is 10.3. The number of carbonyl (C=O) groups is 1. The second-order valence-corrected chi connectivity index (χ2v) is 2.99. The molecule has 2 N–H and O–H groups in total. The monoisotopic (exact) mass is 205 g/mol. The molecule has 5 nitrogen and oxygen atoms in total. The zero-order valence-corrected chi connectivity index (χ0v) is 8.28. The number of para-hydroxylation sites is 1. The van der Waals surface area contributed by atoms with Crippen molar-refractivity contribution in [2.24, 2.45) is 0 Å². The lowest BCUT2D eigenvalue weighted by Crippen LogP contribution is -2.13. The number of carbonyl (C=O) groups excluding carboxylic acids is 1. The molecule has 0 bridgehead atoms. The van der Waals surface area contributed by atoms with Gasteiger partial charge in [0.2, 0.25) is 0 Å². The number of amides is 1. The summed E-state index contributed by atoms with van der Waals surface area (Å²) < 4.78 is 4.79. The van der Waals surface area contributed by atoms with E-state index in [-0.39, 0.29) is 0 Å². The molecule has 78 valence electrons. The predicted molar refractivity (Wildman–Crippen MR) is 56.7 cm³/mol. The van der Waals surface area contributed by atoms with Gasteiger partial charge < -0.3 is 4.74 Å². The Kier molecular flexibility index (Phi) is 2.53. The van der Waals surface area contributed by atoms with Crippen LogP contribution in [0, 0.1) is 0 Å². The molecule has 1 amide bonds. The van der Waals surface area contributed by atoms with Gasteiger partial charge in [-0.15, -0.1) is 0 Å². The molecule has 0 unspecified atom stereocenters. The van der Waals surface area contributed by atoms with Crippen LogP contribution in [0.25, 0.3) is 10.9 Å². The number of hydrogen-bond acceptors (Lipinski definition) is 3. The van der Waals surface area contributed by atoms with E-state index in [2.05, 4.69) is 15.5 Å².